The highest BCUT2D eigenvalue weighted by Gasteiger charge is 2.18. The topological polar surface area (TPSA) is 0 Å². The van der Waals surface area contributed by atoms with Crippen LogP contribution in [0.5, 0.6) is 0 Å². The minimum Gasteiger partial charge on any atom is -0.0955 e. The van der Waals surface area contributed by atoms with Crippen LogP contribution in [0.2, 0.25) is 0 Å². The maximum Gasteiger partial charge on any atom is -0.00263 e. The third-order valence-corrected chi connectivity index (χ3v) is 12.8. The summed E-state index contributed by atoms with van der Waals surface area (Å²) in [6.45, 7) is 30.4. The predicted octanol–water partition coefficient (Wildman–Crippen LogP) is 21.9. The van der Waals surface area contributed by atoms with E-state index >= 15 is 0 Å². The van der Waals surface area contributed by atoms with Gasteiger partial charge in [-0.05, 0) is 138 Å². The lowest BCUT2D eigenvalue weighted by atomic mass is 9.84. The van der Waals surface area contributed by atoms with Gasteiger partial charge in [-0.3, -0.25) is 0 Å². The van der Waals surface area contributed by atoms with Crippen molar-refractivity contribution in [2.45, 2.75) is 114 Å². The molecule has 0 spiro atoms. The van der Waals surface area contributed by atoms with E-state index in [0.717, 1.165) is 11.1 Å². The largest absolute Gasteiger partial charge is 0.0955 e. The number of unbranched alkanes of at least 4 members (excludes halogenated alkanes) is 4. The highest BCUT2D eigenvalue weighted by atomic mass is 14.2. The molecule has 0 heteroatoms. The minimum absolute atomic E-state index is 1.05. The number of allylic oxidation sites excluding steroid dienone is 4. The average molecular weight is 907 g/mol. The first-order valence-electron chi connectivity index (χ1n) is 25.6. The Labute approximate surface area is 417 Å². The average Bonchev–Trinajstić information content (AvgIpc) is 3.39. The Balaban J connectivity index is 0.000000243. The number of benzene rings is 9. The molecule has 0 aromatic heterocycles. The normalized spacial score (nSPS) is 10.8. The molecular weight excluding hydrogens is 829 g/mol. The Hall–Kier alpha value is -6.76. The second-order valence-electron chi connectivity index (χ2n) is 18.2. The first-order chi connectivity index (χ1) is 33.6. The zero-order valence-electron chi connectivity index (χ0n) is 43.7. The summed E-state index contributed by atoms with van der Waals surface area (Å²) in [7, 11) is 0. The van der Waals surface area contributed by atoms with Crippen molar-refractivity contribution in [3.63, 3.8) is 0 Å². The number of aryl methyl sites for hydroxylation is 2. The lowest BCUT2D eigenvalue weighted by Crippen LogP contribution is -1.94. The third kappa shape index (κ3) is 13.5. The van der Waals surface area contributed by atoms with E-state index in [9.17, 15) is 0 Å². The maximum absolute atomic E-state index is 4.34. The Bertz CT molecular complexity index is 3020. The van der Waals surface area contributed by atoms with Crippen LogP contribution in [-0.4, -0.2) is 0 Å². The van der Waals surface area contributed by atoms with Crippen molar-refractivity contribution in [2.75, 3.05) is 0 Å². The van der Waals surface area contributed by atoms with Gasteiger partial charge in [0.05, 0.1) is 0 Å². The van der Waals surface area contributed by atoms with Crippen molar-refractivity contribution in [1.29, 1.82) is 0 Å². The van der Waals surface area contributed by atoms with Gasteiger partial charge < -0.3 is 0 Å². The van der Waals surface area contributed by atoms with E-state index in [1.54, 1.807) is 0 Å². The lowest BCUT2D eigenvalue weighted by molar-refractivity contribution is 0.772. The Morgan fingerprint density at radius 3 is 1.22 bits per heavy atom. The summed E-state index contributed by atoms with van der Waals surface area (Å²) in [6, 6.07) is 62.8. The highest BCUT2D eigenvalue weighted by Crippen LogP contribution is 2.44. The monoisotopic (exact) mass is 907 g/mol. The van der Waals surface area contributed by atoms with Crippen molar-refractivity contribution in [1.82, 2.24) is 0 Å². The van der Waals surface area contributed by atoms with Gasteiger partial charge in [-0.25, -0.2) is 0 Å². The second kappa shape index (κ2) is 27.3. The molecule has 354 valence electrons. The molecule has 0 unspecified atom stereocenters. The van der Waals surface area contributed by atoms with Crippen LogP contribution in [0.3, 0.4) is 0 Å². The van der Waals surface area contributed by atoms with Gasteiger partial charge in [0.25, 0.3) is 0 Å². The van der Waals surface area contributed by atoms with E-state index in [1.807, 2.05) is 24.3 Å². The van der Waals surface area contributed by atoms with Crippen LogP contribution in [0.15, 0.2) is 195 Å². The molecule has 0 aliphatic heterocycles. The summed E-state index contributed by atoms with van der Waals surface area (Å²) in [5.41, 5.74) is 14.8. The number of fused-ring (bicyclic) bond motifs is 5. The van der Waals surface area contributed by atoms with Gasteiger partial charge in [-0.2, -0.15) is 0 Å². The molecule has 0 saturated heterocycles. The SMILES string of the molecule is C=C(/C=C(\C)c1ccccc1)c1ccccc1.C=C(C)c1c2ccccc2c(-c2ccc(-c3c(C)c4ccccc4c4ccccc34)c(C)c2)c2ccccc12.CCCC.CCCC.CCCCC. The fourth-order valence-electron chi connectivity index (χ4n) is 8.80. The molecule has 0 nitrogen and oxygen atoms in total. The molecule has 9 aromatic carbocycles. The molecular formula is C69H78. The molecule has 0 heterocycles. The molecule has 9 rings (SSSR count). The summed E-state index contributed by atoms with van der Waals surface area (Å²) >= 11 is 0. The second-order valence-corrected chi connectivity index (χ2v) is 18.2. The van der Waals surface area contributed by atoms with E-state index in [2.05, 4.69) is 240 Å². The fraction of sp³-hybridized carbons (Fsp3) is 0.246. The molecule has 69 heavy (non-hydrogen) atoms. The molecule has 0 atom stereocenters. The van der Waals surface area contributed by atoms with Gasteiger partial charge in [-0.1, -0.05) is 282 Å². The van der Waals surface area contributed by atoms with Crippen LogP contribution >= 0.6 is 0 Å². The van der Waals surface area contributed by atoms with Gasteiger partial charge in [0, 0.05) is 0 Å². The quantitative estimate of drug-likeness (QED) is 0.0729. The Kier molecular flexibility index (Phi) is 21.0. The van der Waals surface area contributed by atoms with Crippen LogP contribution in [0.1, 0.15) is 128 Å². The van der Waals surface area contributed by atoms with Crippen LogP contribution in [0, 0.1) is 13.8 Å². The maximum atomic E-state index is 4.34. The predicted molar refractivity (Wildman–Crippen MR) is 313 cm³/mol. The molecule has 0 aliphatic rings. The van der Waals surface area contributed by atoms with E-state index in [0.29, 0.717) is 0 Å². The van der Waals surface area contributed by atoms with Crippen molar-refractivity contribution >= 4 is 59.8 Å². The Morgan fingerprint density at radius 2 is 0.797 bits per heavy atom. The lowest BCUT2D eigenvalue weighted by Gasteiger charge is -2.20. The zero-order valence-corrected chi connectivity index (χ0v) is 43.7. The van der Waals surface area contributed by atoms with Crippen LogP contribution in [0.4, 0.5) is 0 Å². The molecule has 0 bridgehead atoms. The Morgan fingerprint density at radius 1 is 0.406 bits per heavy atom. The highest BCUT2D eigenvalue weighted by molar-refractivity contribution is 6.19. The smallest absolute Gasteiger partial charge is 0.00263 e. The van der Waals surface area contributed by atoms with Crippen LogP contribution < -0.4 is 0 Å². The van der Waals surface area contributed by atoms with Gasteiger partial charge in [-0.15, -0.1) is 0 Å². The summed E-state index contributed by atoms with van der Waals surface area (Å²) in [4.78, 5) is 0. The van der Waals surface area contributed by atoms with Crippen LogP contribution in [-0.2, 0) is 0 Å². The van der Waals surface area contributed by atoms with Crippen molar-refractivity contribution in [3.05, 3.63) is 223 Å². The van der Waals surface area contributed by atoms with Crippen molar-refractivity contribution in [3.8, 4) is 22.3 Å². The standard InChI is InChI=1S/C39H30.C17H16.C5H12.2C4H10/c1-24(2)37-33-17-9-11-19-35(33)39(36-20-12-10-18-34(36)37)27-21-22-28(25(3)23-27)38-26(4)29-13-5-6-14-30(29)31-15-7-8-16-32(31)38;1-14(16-9-5-3-6-10-16)13-15(2)17-11-7-4-8-12-17;1-3-5-4-2;2*1-3-4-2/h5-23H,1H2,2-4H3;3-13H,1H2,2H3;3-5H2,1-2H3;2*3-4H2,1-2H3/b;15-13+;;;. The summed E-state index contributed by atoms with van der Waals surface area (Å²) in [6.07, 6.45) is 11.5. The molecule has 0 aliphatic carbocycles. The van der Waals surface area contributed by atoms with Gasteiger partial charge >= 0.3 is 0 Å². The van der Waals surface area contributed by atoms with Crippen molar-refractivity contribution < 1.29 is 0 Å². The first-order valence-corrected chi connectivity index (χ1v) is 25.6. The molecule has 0 N–H and O–H groups in total. The molecule has 0 radical (unpaired) electrons. The molecule has 9 aromatic rings. The summed E-state index contributed by atoms with van der Waals surface area (Å²) in [5.74, 6) is 0. The number of hydrogen-bond acceptors (Lipinski definition) is 0. The zero-order chi connectivity index (χ0) is 49.7. The minimum atomic E-state index is 1.05. The van der Waals surface area contributed by atoms with Crippen molar-refractivity contribution in [2.24, 2.45) is 0 Å². The first kappa shape index (κ1) is 53.2. The summed E-state index contributed by atoms with van der Waals surface area (Å²) in [5, 5.41) is 10.3. The van der Waals surface area contributed by atoms with E-state index < -0.39 is 0 Å². The number of hydrogen-bond donors (Lipinski definition) is 0. The fourth-order valence-corrected chi connectivity index (χ4v) is 8.80. The molecule has 0 saturated carbocycles. The molecule has 0 fully saturated rings. The van der Waals surface area contributed by atoms with Gasteiger partial charge in [0.1, 0.15) is 0 Å². The van der Waals surface area contributed by atoms with E-state index in [4.69, 9.17) is 0 Å². The van der Waals surface area contributed by atoms with Gasteiger partial charge in [0.2, 0.25) is 0 Å². The van der Waals surface area contributed by atoms with E-state index in [1.165, 1.54) is 144 Å². The van der Waals surface area contributed by atoms with Crippen LogP contribution in [0.25, 0.3) is 82.1 Å². The summed E-state index contributed by atoms with van der Waals surface area (Å²) < 4.78 is 0. The van der Waals surface area contributed by atoms with Gasteiger partial charge in [0.15, 0.2) is 0 Å². The molecule has 0 amide bonds. The van der Waals surface area contributed by atoms with E-state index in [-0.39, 0.29) is 0 Å². The third-order valence-electron chi connectivity index (χ3n) is 12.8. The number of rotatable bonds is 10.